The Balaban J connectivity index is 2.48. The van der Waals surface area contributed by atoms with Gasteiger partial charge in [-0.1, -0.05) is 18.2 Å². The molecule has 1 aromatic heterocycles. The maximum absolute atomic E-state index is 10.6. The molecule has 0 N–H and O–H groups in total. The first-order valence-corrected chi connectivity index (χ1v) is 4.93. The minimum atomic E-state index is -0.476. The zero-order chi connectivity index (χ0) is 10.8. The van der Waals surface area contributed by atoms with Crippen LogP contribution in [0.15, 0.2) is 41.1 Å². The predicted octanol–water partition coefficient (Wildman–Crippen LogP) is 2.54. The van der Waals surface area contributed by atoms with Crippen LogP contribution in [0.3, 0.4) is 0 Å². The van der Waals surface area contributed by atoms with E-state index in [1.165, 1.54) is 10.9 Å². The molecule has 0 saturated carbocycles. The second-order valence-corrected chi connectivity index (χ2v) is 3.59. The van der Waals surface area contributed by atoms with Crippen molar-refractivity contribution in [2.45, 2.75) is 0 Å². The number of aromatic nitrogens is 2. The minimum Gasteiger partial charge on any atom is -0.258 e. The Bertz CT molecular complexity index is 495. The molecule has 0 unspecified atom stereocenters. The first-order chi connectivity index (χ1) is 7.18. The molecule has 76 valence electrons. The van der Waals surface area contributed by atoms with Gasteiger partial charge in [-0.2, -0.15) is 5.10 Å². The van der Waals surface area contributed by atoms with Crippen molar-refractivity contribution in [1.82, 2.24) is 9.78 Å². The summed E-state index contributed by atoms with van der Waals surface area (Å²) >= 11 is 3.04. The van der Waals surface area contributed by atoms with Gasteiger partial charge in [-0.25, -0.2) is 4.68 Å². The summed E-state index contributed by atoms with van der Waals surface area (Å²) in [7, 11) is 0. The fourth-order valence-corrected chi connectivity index (χ4v) is 1.60. The van der Waals surface area contributed by atoms with Crippen molar-refractivity contribution in [3.05, 3.63) is 51.2 Å². The third-order valence-corrected chi connectivity index (χ3v) is 2.43. The molecule has 5 nitrogen and oxygen atoms in total. The van der Waals surface area contributed by atoms with Crippen LogP contribution < -0.4 is 0 Å². The van der Waals surface area contributed by atoms with Crippen molar-refractivity contribution < 1.29 is 4.92 Å². The number of nitro groups is 1. The van der Waals surface area contributed by atoms with Gasteiger partial charge in [0, 0.05) is 0 Å². The average Bonchev–Trinajstić information content (AvgIpc) is 2.62. The van der Waals surface area contributed by atoms with Gasteiger partial charge in [0.25, 0.3) is 0 Å². The normalized spacial score (nSPS) is 10.2. The monoisotopic (exact) mass is 267 g/mol. The summed E-state index contributed by atoms with van der Waals surface area (Å²) in [6, 6.07) is 9.20. The SMILES string of the molecule is O=[N+]([O-])c1cn(-c2ccccc2)nc1Br. The van der Waals surface area contributed by atoms with Crippen LogP contribution in [-0.2, 0) is 0 Å². The minimum absolute atomic E-state index is 0.0427. The lowest BCUT2D eigenvalue weighted by molar-refractivity contribution is -0.385. The molecule has 0 aliphatic heterocycles. The van der Waals surface area contributed by atoms with E-state index in [0.717, 1.165) is 5.69 Å². The van der Waals surface area contributed by atoms with Crippen molar-refractivity contribution in [2.24, 2.45) is 0 Å². The molecule has 1 aromatic carbocycles. The molecule has 0 spiro atoms. The molecule has 0 saturated heterocycles. The zero-order valence-electron chi connectivity index (χ0n) is 7.50. The lowest BCUT2D eigenvalue weighted by atomic mass is 10.3. The fourth-order valence-electron chi connectivity index (χ4n) is 1.18. The molecular formula is C9H6BrN3O2. The van der Waals surface area contributed by atoms with E-state index in [1.807, 2.05) is 30.3 Å². The number of halogens is 1. The summed E-state index contributed by atoms with van der Waals surface area (Å²) in [4.78, 5) is 10.1. The largest absolute Gasteiger partial charge is 0.321 e. The van der Waals surface area contributed by atoms with Crippen LogP contribution >= 0.6 is 15.9 Å². The zero-order valence-corrected chi connectivity index (χ0v) is 9.09. The number of benzene rings is 1. The van der Waals surface area contributed by atoms with E-state index in [4.69, 9.17) is 0 Å². The Morgan fingerprint density at radius 3 is 2.53 bits per heavy atom. The van der Waals surface area contributed by atoms with E-state index < -0.39 is 4.92 Å². The van der Waals surface area contributed by atoms with Crippen molar-refractivity contribution in [1.29, 1.82) is 0 Å². The molecule has 0 atom stereocenters. The number of para-hydroxylation sites is 1. The van der Waals surface area contributed by atoms with Crippen LogP contribution in [0, 0.1) is 10.1 Å². The van der Waals surface area contributed by atoms with Crippen molar-refractivity contribution in [3.63, 3.8) is 0 Å². The second-order valence-electron chi connectivity index (χ2n) is 2.84. The number of rotatable bonds is 2. The van der Waals surface area contributed by atoms with E-state index >= 15 is 0 Å². The summed E-state index contributed by atoms with van der Waals surface area (Å²) < 4.78 is 1.69. The van der Waals surface area contributed by atoms with Gasteiger partial charge in [0.1, 0.15) is 6.20 Å². The number of nitrogens with zero attached hydrogens (tertiary/aromatic N) is 3. The van der Waals surface area contributed by atoms with Gasteiger partial charge in [-0.15, -0.1) is 0 Å². The van der Waals surface area contributed by atoms with Crippen LogP contribution in [0.4, 0.5) is 5.69 Å². The Hall–Kier alpha value is -1.69. The highest BCUT2D eigenvalue weighted by molar-refractivity contribution is 9.10. The highest BCUT2D eigenvalue weighted by Gasteiger charge is 2.17. The second kappa shape index (κ2) is 3.82. The van der Waals surface area contributed by atoms with E-state index in [2.05, 4.69) is 21.0 Å². The van der Waals surface area contributed by atoms with Gasteiger partial charge < -0.3 is 0 Å². The Morgan fingerprint density at radius 1 is 1.33 bits per heavy atom. The van der Waals surface area contributed by atoms with Crippen LogP contribution in [0.5, 0.6) is 0 Å². The van der Waals surface area contributed by atoms with Crippen LogP contribution in [0.1, 0.15) is 0 Å². The molecule has 15 heavy (non-hydrogen) atoms. The molecule has 0 radical (unpaired) electrons. The predicted molar refractivity (Wildman–Crippen MR) is 57.9 cm³/mol. The smallest absolute Gasteiger partial charge is 0.258 e. The quantitative estimate of drug-likeness (QED) is 0.621. The maximum Gasteiger partial charge on any atom is 0.321 e. The van der Waals surface area contributed by atoms with Gasteiger partial charge in [0.2, 0.25) is 4.60 Å². The van der Waals surface area contributed by atoms with Crippen molar-refractivity contribution >= 4 is 21.6 Å². The van der Waals surface area contributed by atoms with Crippen molar-refractivity contribution in [2.75, 3.05) is 0 Å². The first kappa shape index (κ1) is 9.85. The highest BCUT2D eigenvalue weighted by atomic mass is 79.9. The molecule has 0 aliphatic rings. The summed E-state index contributed by atoms with van der Waals surface area (Å²) in [5.41, 5.74) is 0.741. The molecule has 1 heterocycles. The van der Waals surface area contributed by atoms with E-state index in [9.17, 15) is 10.1 Å². The molecular weight excluding hydrogens is 262 g/mol. The molecule has 0 aliphatic carbocycles. The third-order valence-electron chi connectivity index (χ3n) is 1.87. The Kier molecular flexibility index (Phi) is 2.51. The summed E-state index contributed by atoms with van der Waals surface area (Å²) in [6.45, 7) is 0. The van der Waals surface area contributed by atoms with Gasteiger partial charge in [0.05, 0.1) is 10.6 Å². The highest BCUT2D eigenvalue weighted by Crippen LogP contribution is 2.23. The topological polar surface area (TPSA) is 61.0 Å². The third kappa shape index (κ3) is 1.89. The average molecular weight is 268 g/mol. The van der Waals surface area contributed by atoms with Gasteiger partial charge in [-0.05, 0) is 28.1 Å². The maximum atomic E-state index is 10.6. The lowest BCUT2D eigenvalue weighted by Gasteiger charge is -1.97. The molecule has 6 heteroatoms. The van der Waals surface area contributed by atoms with E-state index in [1.54, 1.807) is 0 Å². The van der Waals surface area contributed by atoms with Gasteiger partial charge in [0.15, 0.2) is 0 Å². The Labute approximate surface area is 93.6 Å². The number of hydrogen-bond donors (Lipinski definition) is 0. The molecule has 0 bridgehead atoms. The first-order valence-electron chi connectivity index (χ1n) is 4.13. The van der Waals surface area contributed by atoms with Gasteiger partial charge >= 0.3 is 5.69 Å². The standard InChI is InChI=1S/C9H6BrN3O2/c10-9-8(13(14)15)6-12(11-9)7-4-2-1-3-5-7/h1-6H. The summed E-state index contributed by atoms with van der Waals surface area (Å²) in [5.74, 6) is 0. The van der Waals surface area contributed by atoms with E-state index in [-0.39, 0.29) is 10.3 Å². The molecule has 2 rings (SSSR count). The molecule has 0 amide bonds. The van der Waals surface area contributed by atoms with Crippen LogP contribution in [0.25, 0.3) is 5.69 Å². The van der Waals surface area contributed by atoms with Gasteiger partial charge in [-0.3, -0.25) is 10.1 Å². The molecule has 0 fully saturated rings. The van der Waals surface area contributed by atoms with Crippen LogP contribution in [-0.4, -0.2) is 14.7 Å². The lowest BCUT2D eigenvalue weighted by Crippen LogP contribution is -1.93. The summed E-state index contributed by atoms with van der Waals surface area (Å²) in [5, 5.41) is 14.6. The number of hydrogen-bond acceptors (Lipinski definition) is 3. The molecule has 2 aromatic rings. The van der Waals surface area contributed by atoms with Crippen molar-refractivity contribution in [3.8, 4) is 5.69 Å². The van der Waals surface area contributed by atoms with Crippen LogP contribution in [0.2, 0.25) is 0 Å². The summed E-state index contributed by atoms with van der Waals surface area (Å²) in [6.07, 6.45) is 1.37. The van der Waals surface area contributed by atoms with E-state index in [0.29, 0.717) is 0 Å². The Morgan fingerprint density at radius 2 is 2.00 bits per heavy atom. The fraction of sp³-hybridized carbons (Fsp3) is 0.